The van der Waals surface area contributed by atoms with Crippen LogP contribution in [0.2, 0.25) is 0 Å². The van der Waals surface area contributed by atoms with Crippen LogP contribution in [0.25, 0.3) is 0 Å². The number of amides is 1. The van der Waals surface area contributed by atoms with Gasteiger partial charge in [-0.2, -0.15) is 0 Å². The summed E-state index contributed by atoms with van der Waals surface area (Å²) in [7, 11) is 0. The number of ether oxygens (including phenoxy) is 4. The highest BCUT2D eigenvalue weighted by Crippen LogP contribution is 2.30. The highest BCUT2D eigenvalue weighted by molar-refractivity contribution is 5.76. The summed E-state index contributed by atoms with van der Waals surface area (Å²) >= 11 is 0. The average molecular weight is 1190 g/mol. The fourth-order valence-electron chi connectivity index (χ4n) is 11.4. The van der Waals surface area contributed by atoms with Crippen molar-refractivity contribution < 1.29 is 64.6 Å². The third kappa shape index (κ3) is 39.1. The van der Waals surface area contributed by atoms with Gasteiger partial charge in [-0.3, -0.25) is 4.79 Å². The molecule has 2 rings (SSSR count). The number of carbonyl (C=O) groups is 1. The van der Waals surface area contributed by atoms with Crippen LogP contribution in [0.5, 0.6) is 0 Å². The molecule has 14 nitrogen and oxygen atoms in total. The lowest BCUT2D eigenvalue weighted by molar-refractivity contribution is -0.359. The lowest BCUT2D eigenvalue weighted by Crippen LogP contribution is -2.65. The first-order chi connectivity index (χ1) is 41.1. The van der Waals surface area contributed by atoms with E-state index in [1.54, 1.807) is 6.08 Å². The highest BCUT2D eigenvalue weighted by atomic mass is 16.7. The third-order valence-corrected chi connectivity index (χ3v) is 17.0. The number of carbonyl (C=O) groups excluding carboxylic acids is 1. The zero-order chi connectivity index (χ0) is 60.9. The van der Waals surface area contributed by atoms with Gasteiger partial charge in [-0.1, -0.05) is 281 Å². The maximum Gasteiger partial charge on any atom is 0.220 e. The predicted molar refractivity (Wildman–Crippen MR) is 341 cm³/mol. The van der Waals surface area contributed by atoms with E-state index in [2.05, 4.69) is 55.6 Å². The Hall–Kier alpha value is -2.05. The summed E-state index contributed by atoms with van der Waals surface area (Å²) in [6.07, 6.45) is 54.4. The number of aliphatic hydroxyl groups is 8. The fraction of sp³-hybridized carbons (Fsp3) is 0.871. The van der Waals surface area contributed by atoms with Gasteiger partial charge in [0, 0.05) is 6.42 Å². The molecule has 2 saturated heterocycles. The lowest BCUT2D eigenvalue weighted by atomic mass is 9.97. The Morgan fingerprint density at radius 3 is 1.20 bits per heavy atom. The fourth-order valence-corrected chi connectivity index (χ4v) is 11.4. The molecule has 2 aliphatic rings. The van der Waals surface area contributed by atoms with Gasteiger partial charge < -0.3 is 65.1 Å². The van der Waals surface area contributed by atoms with E-state index in [1.165, 1.54) is 218 Å². The van der Waals surface area contributed by atoms with Crippen molar-refractivity contribution in [2.45, 2.75) is 370 Å². The second-order valence-electron chi connectivity index (χ2n) is 24.7. The van der Waals surface area contributed by atoms with E-state index in [0.717, 1.165) is 51.4 Å². The van der Waals surface area contributed by atoms with Gasteiger partial charge in [0.1, 0.15) is 48.8 Å². The summed E-state index contributed by atoms with van der Waals surface area (Å²) in [5, 5.41) is 87.4. The van der Waals surface area contributed by atoms with Crippen molar-refractivity contribution in [1.82, 2.24) is 5.32 Å². The average Bonchev–Trinajstić information content (AvgIpc) is 3.24. The number of aliphatic hydroxyl groups excluding tert-OH is 8. The van der Waals surface area contributed by atoms with E-state index >= 15 is 0 Å². The molecule has 0 aromatic rings. The van der Waals surface area contributed by atoms with Gasteiger partial charge in [-0.25, -0.2) is 0 Å². The normalized spacial score (nSPS) is 23.9. The van der Waals surface area contributed by atoms with E-state index in [-0.39, 0.29) is 18.9 Å². The van der Waals surface area contributed by atoms with Crippen LogP contribution in [-0.4, -0.2) is 140 Å². The molecule has 0 bridgehead atoms. The molecule has 0 radical (unpaired) electrons. The zero-order valence-corrected chi connectivity index (χ0v) is 53.4. The van der Waals surface area contributed by atoms with Crippen molar-refractivity contribution in [2.75, 3.05) is 19.8 Å². The van der Waals surface area contributed by atoms with Crippen molar-refractivity contribution in [2.24, 2.45) is 0 Å². The summed E-state index contributed by atoms with van der Waals surface area (Å²) in [5.41, 5.74) is 0. The Morgan fingerprint density at radius 2 is 0.786 bits per heavy atom. The molecular weight excluding hydrogens is 1060 g/mol. The topological polar surface area (TPSA) is 228 Å². The summed E-state index contributed by atoms with van der Waals surface area (Å²) in [6.45, 7) is 2.82. The Labute approximate surface area is 512 Å². The van der Waals surface area contributed by atoms with Crippen LogP contribution in [0, 0.1) is 0 Å². The molecule has 0 spiro atoms. The smallest absolute Gasteiger partial charge is 0.220 e. The Kier molecular flexibility index (Phi) is 51.1. The SMILES string of the molecule is CCCCCCC/C=C\C/C=C\C/C=C\CCCCCCCCCCCCCCCCC(=O)NC(COC1OC(CO)C(OC2OC(CO)C(O)C(O)C2O)C(O)C1O)C(O)/C=C/CCCCCCCCCCCCCCCCCCCCC. The van der Waals surface area contributed by atoms with E-state index in [0.29, 0.717) is 6.42 Å². The molecule has 12 unspecified atom stereocenters. The van der Waals surface area contributed by atoms with Gasteiger partial charge >= 0.3 is 0 Å². The first-order valence-corrected chi connectivity index (χ1v) is 34.9. The van der Waals surface area contributed by atoms with Crippen LogP contribution < -0.4 is 5.32 Å². The Balaban J connectivity index is 1.68. The minimum absolute atomic E-state index is 0.237. The standard InChI is InChI=1S/C70H129NO13/c1-3-5-7-9-11-13-15-17-19-21-23-25-26-27-28-29-30-31-32-34-36-38-40-42-44-46-48-50-52-54-62(75)71-58(59(74)53-51-49-47-45-43-41-39-37-35-33-24-22-20-18-16-14-12-10-8-6-4-2)57-81-69-67(80)65(78)68(61(56-73)83-69)84-70-66(79)64(77)63(76)60(55-72)82-70/h15,17,21,23,26-27,51,53,58-61,63-70,72-74,76-80H,3-14,16,18-20,22,24-25,28-50,52,54-57H2,1-2H3,(H,71,75)/b17-15-,23-21-,27-26-,53-51+. The predicted octanol–water partition coefficient (Wildman–Crippen LogP) is 13.9. The van der Waals surface area contributed by atoms with Gasteiger partial charge in [-0.15, -0.1) is 0 Å². The van der Waals surface area contributed by atoms with Crippen LogP contribution >= 0.6 is 0 Å². The van der Waals surface area contributed by atoms with Gasteiger partial charge in [-0.05, 0) is 57.8 Å². The molecule has 2 heterocycles. The monoisotopic (exact) mass is 1190 g/mol. The molecule has 14 heteroatoms. The summed E-state index contributed by atoms with van der Waals surface area (Å²) < 4.78 is 22.9. The Bertz CT molecular complexity index is 1590. The van der Waals surface area contributed by atoms with Gasteiger partial charge in [0.05, 0.1) is 32.0 Å². The molecule has 0 aromatic carbocycles. The van der Waals surface area contributed by atoms with Crippen molar-refractivity contribution >= 4 is 5.91 Å². The van der Waals surface area contributed by atoms with Crippen molar-refractivity contribution in [3.8, 4) is 0 Å². The van der Waals surface area contributed by atoms with Gasteiger partial charge in [0.2, 0.25) is 5.91 Å². The molecule has 2 aliphatic heterocycles. The summed E-state index contributed by atoms with van der Waals surface area (Å²) in [6, 6.07) is -0.917. The van der Waals surface area contributed by atoms with E-state index < -0.39 is 86.8 Å². The van der Waals surface area contributed by atoms with E-state index in [1.807, 2.05) is 6.08 Å². The molecule has 0 aromatic heterocycles. The first-order valence-electron chi connectivity index (χ1n) is 34.9. The summed E-state index contributed by atoms with van der Waals surface area (Å²) in [5.74, 6) is -0.237. The molecule has 1 amide bonds. The minimum atomic E-state index is -1.79. The van der Waals surface area contributed by atoms with Crippen LogP contribution in [0.1, 0.15) is 296 Å². The maximum atomic E-state index is 13.3. The van der Waals surface area contributed by atoms with Crippen LogP contribution in [-0.2, 0) is 23.7 Å². The first kappa shape index (κ1) is 78.0. The van der Waals surface area contributed by atoms with Crippen LogP contribution in [0.15, 0.2) is 48.6 Å². The molecule has 492 valence electrons. The number of allylic oxidation sites excluding steroid dienone is 7. The molecule has 2 fully saturated rings. The quantitative estimate of drug-likeness (QED) is 0.0204. The molecular formula is C70H129NO13. The molecule has 12 atom stereocenters. The molecule has 0 aliphatic carbocycles. The number of hydrogen-bond acceptors (Lipinski definition) is 13. The van der Waals surface area contributed by atoms with Gasteiger partial charge in [0.25, 0.3) is 0 Å². The lowest BCUT2D eigenvalue weighted by Gasteiger charge is -2.46. The second kappa shape index (κ2) is 55.1. The Morgan fingerprint density at radius 1 is 0.429 bits per heavy atom. The zero-order valence-electron chi connectivity index (χ0n) is 53.4. The van der Waals surface area contributed by atoms with E-state index in [4.69, 9.17) is 18.9 Å². The number of unbranched alkanes of at least 4 members (excludes halogenated alkanes) is 38. The van der Waals surface area contributed by atoms with Crippen LogP contribution in [0.3, 0.4) is 0 Å². The molecule has 0 saturated carbocycles. The van der Waals surface area contributed by atoms with Crippen molar-refractivity contribution in [3.63, 3.8) is 0 Å². The minimum Gasteiger partial charge on any atom is -0.394 e. The largest absolute Gasteiger partial charge is 0.394 e. The van der Waals surface area contributed by atoms with Crippen molar-refractivity contribution in [3.05, 3.63) is 48.6 Å². The maximum absolute atomic E-state index is 13.3. The molecule has 84 heavy (non-hydrogen) atoms. The highest BCUT2D eigenvalue weighted by Gasteiger charge is 2.51. The number of hydrogen-bond donors (Lipinski definition) is 9. The number of rotatable bonds is 57. The number of nitrogens with one attached hydrogen (secondary N) is 1. The molecule has 9 N–H and O–H groups in total. The van der Waals surface area contributed by atoms with Crippen molar-refractivity contribution in [1.29, 1.82) is 0 Å². The van der Waals surface area contributed by atoms with Crippen LogP contribution in [0.4, 0.5) is 0 Å². The van der Waals surface area contributed by atoms with Gasteiger partial charge in [0.15, 0.2) is 12.6 Å². The second-order valence-corrected chi connectivity index (χ2v) is 24.7. The third-order valence-electron chi connectivity index (χ3n) is 17.0. The van der Waals surface area contributed by atoms with E-state index in [9.17, 15) is 45.6 Å². The summed E-state index contributed by atoms with van der Waals surface area (Å²) in [4.78, 5) is 13.3.